The third kappa shape index (κ3) is 3.54. The van der Waals surface area contributed by atoms with Gasteiger partial charge in [-0.25, -0.2) is 9.97 Å². The lowest BCUT2D eigenvalue weighted by Gasteiger charge is -2.50. The molecule has 3 heterocycles. The van der Waals surface area contributed by atoms with E-state index in [9.17, 15) is 4.79 Å². The fourth-order valence-electron chi connectivity index (χ4n) is 4.11. The second kappa shape index (κ2) is 7.27. The maximum absolute atomic E-state index is 12.8. The predicted molar refractivity (Wildman–Crippen MR) is 104 cm³/mol. The molecule has 0 unspecified atom stereocenters. The van der Waals surface area contributed by atoms with Gasteiger partial charge in [0.1, 0.15) is 5.60 Å². The summed E-state index contributed by atoms with van der Waals surface area (Å²) < 4.78 is 6.10. The fraction of sp³-hybridized carbons (Fsp3) is 0.476. The van der Waals surface area contributed by atoms with Crippen LogP contribution in [0.2, 0.25) is 0 Å². The summed E-state index contributed by atoms with van der Waals surface area (Å²) in [6.07, 6.45) is 5.67. The number of rotatable bonds is 5. The van der Waals surface area contributed by atoms with Gasteiger partial charge in [0.05, 0.1) is 13.1 Å². The number of ether oxygens (including phenoxy) is 1. The largest absolute Gasteiger partial charge is 0.371 e. The Hall–Kier alpha value is -2.47. The van der Waals surface area contributed by atoms with E-state index in [0.717, 1.165) is 42.7 Å². The Labute approximate surface area is 160 Å². The Morgan fingerprint density at radius 1 is 1.26 bits per heavy atom. The van der Waals surface area contributed by atoms with Crippen LogP contribution in [0, 0.1) is 19.8 Å². The lowest BCUT2D eigenvalue weighted by atomic mass is 9.78. The average molecular weight is 366 g/mol. The molecule has 0 bridgehead atoms. The third-order valence-electron chi connectivity index (χ3n) is 5.74. The van der Waals surface area contributed by atoms with E-state index >= 15 is 0 Å². The van der Waals surface area contributed by atoms with Crippen molar-refractivity contribution in [3.63, 3.8) is 0 Å². The molecule has 4 rings (SSSR count). The Morgan fingerprint density at radius 2 is 2.00 bits per heavy atom. The molecule has 6 heteroatoms. The van der Waals surface area contributed by atoms with Crippen molar-refractivity contribution in [1.82, 2.24) is 14.9 Å². The number of carbonyl (C=O) groups is 1. The summed E-state index contributed by atoms with van der Waals surface area (Å²) in [5, 5.41) is 3.29. The highest BCUT2D eigenvalue weighted by Gasteiger charge is 2.54. The molecule has 1 aromatic carbocycles. The zero-order valence-corrected chi connectivity index (χ0v) is 15.9. The maximum Gasteiger partial charge on any atom is 0.254 e. The van der Waals surface area contributed by atoms with Crippen LogP contribution in [0.3, 0.4) is 0 Å². The van der Waals surface area contributed by atoms with Gasteiger partial charge in [0.25, 0.3) is 5.91 Å². The maximum atomic E-state index is 12.8. The van der Waals surface area contributed by atoms with Gasteiger partial charge in [-0.15, -0.1) is 0 Å². The average Bonchev–Trinajstić information content (AvgIpc) is 3.06. The van der Waals surface area contributed by atoms with Crippen LogP contribution in [0.15, 0.2) is 36.7 Å². The molecule has 1 N–H and O–H groups in total. The number of amides is 1. The molecule has 2 aliphatic heterocycles. The van der Waals surface area contributed by atoms with Crippen LogP contribution in [0.4, 0.5) is 5.95 Å². The molecule has 2 aliphatic rings. The number of anilines is 1. The van der Waals surface area contributed by atoms with E-state index in [2.05, 4.69) is 15.3 Å². The van der Waals surface area contributed by atoms with Crippen LogP contribution in [0.5, 0.6) is 0 Å². The highest BCUT2D eigenvalue weighted by atomic mass is 16.5. The Balaban J connectivity index is 1.32. The molecule has 6 nitrogen and oxygen atoms in total. The molecule has 1 spiro atoms. The van der Waals surface area contributed by atoms with Gasteiger partial charge in [0.2, 0.25) is 5.95 Å². The first-order valence-corrected chi connectivity index (χ1v) is 9.59. The third-order valence-corrected chi connectivity index (χ3v) is 5.74. The lowest BCUT2D eigenvalue weighted by molar-refractivity contribution is -0.117. The van der Waals surface area contributed by atoms with Gasteiger partial charge in [-0.1, -0.05) is 18.2 Å². The van der Waals surface area contributed by atoms with E-state index in [0.29, 0.717) is 25.0 Å². The number of aryl methyl sites for hydroxylation is 2. The van der Waals surface area contributed by atoms with Gasteiger partial charge in [0.15, 0.2) is 0 Å². The van der Waals surface area contributed by atoms with E-state index in [-0.39, 0.29) is 11.5 Å². The topological polar surface area (TPSA) is 67.4 Å². The number of benzene rings is 1. The van der Waals surface area contributed by atoms with Crippen LogP contribution in [0.1, 0.15) is 34.3 Å². The van der Waals surface area contributed by atoms with Crippen molar-refractivity contribution in [2.75, 3.05) is 31.6 Å². The summed E-state index contributed by atoms with van der Waals surface area (Å²) in [5.41, 5.74) is 2.69. The quantitative estimate of drug-likeness (QED) is 0.881. The summed E-state index contributed by atoms with van der Waals surface area (Å²) >= 11 is 0. The molecule has 142 valence electrons. The number of likely N-dealkylation sites (tertiary alicyclic amines) is 1. The molecular formula is C21H26N4O2. The number of carbonyl (C=O) groups excluding carboxylic acids is 1. The van der Waals surface area contributed by atoms with E-state index < -0.39 is 0 Å². The number of nitrogens with zero attached hydrogens (tertiary/aromatic N) is 3. The van der Waals surface area contributed by atoms with Crippen molar-refractivity contribution in [2.24, 2.45) is 5.92 Å². The minimum atomic E-state index is -0.172. The van der Waals surface area contributed by atoms with Gasteiger partial charge < -0.3 is 15.0 Å². The first-order valence-electron chi connectivity index (χ1n) is 9.59. The molecular weight excluding hydrogens is 340 g/mol. The monoisotopic (exact) mass is 366 g/mol. The number of aromatic nitrogens is 2. The molecule has 2 aromatic rings. The van der Waals surface area contributed by atoms with Crippen molar-refractivity contribution in [3.05, 3.63) is 53.3 Å². The second-order valence-corrected chi connectivity index (χ2v) is 7.67. The van der Waals surface area contributed by atoms with Crippen molar-refractivity contribution in [2.45, 2.75) is 32.3 Å². The molecule has 1 atom stereocenters. The van der Waals surface area contributed by atoms with Crippen LogP contribution in [-0.2, 0) is 4.74 Å². The van der Waals surface area contributed by atoms with E-state index in [1.54, 1.807) is 0 Å². The first-order chi connectivity index (χ1) is 13.1. The Bertz CT molecular complexity index is 815. The second-order valence-electron chi connectivity index (χ2n) is 7.67. The minimum absolute atomic E-state index is 0.110. The highest BCUT2D eigenvalue weighted by molar-refractivity contribution is 5.96. The zero-order valence-electron chi connectivity index (χ0n) is 15.9. The molecule has 0 radical (unpaired) electrons. The Morgan fingerprint density at radius 3 is 2.74 bits per heavy atom. The lowest BCUT2D eigenvalue weighted by Crippen LogP contribution is -2.66. The fourth-order valence-corrected chi connectivity index (χ4v) is 4.11. The number of hydrogen-bond donors (Lipinski definition) is 1. The number of nitrogens with one attached hydrogen (secondary N) is 1. The molecule has 0 saturated carbocycles. The van der Waals surface area contributed by atoms with E-state index in [1.165, 1.54) is 0 Å². The minimum Gasteiger partial charge on any atom is -0.371 e. The molecule has 1 amide bonds. The van der Waals surface area contributed by atoms with Gasteiger partial charge in [-0.2, -0.15) is 0 Å². The summed E-state index contributed by atoms with van der Waals surface area (Å²) in [6, 6.07) is 7.77. The highest BCUT2D eigenvalue weighted by Crippen LogP contribution is 2.42. The van der Waals surface area contributed by atoms with Crippen molar-refractivity contribution < 1.29 is 9.53 Å². The smallest absolute Gasteiger partial charge is 0.254 e. The van der Waals surface area contributed by atoms with Gasteiger partial charge in [-0.05, 0) is 49.8 Å². The van der Waals surface area contributed by atoms with Crippen molar-refractivity contribution in [3.8, 4) is 0 Å². The molecule has 27 heavy (non-hydrogen) atoms. The van der Waals surface area contributed by atoms with Crippen LogP contribution in [0.25, 0.3) is 0 Å². The molecule has 2 saturated heterocycles. The van der Waals surface area contributed by atoms with Crippen molar-refractivity contribution in [1.29, 1.82) is 0 Å². The molecule has 0 aliphatic carbocycles. The van der Waals surface area contributed by atoms with Gasteiger partial charge in [-0.3, -0.25) is 4.79 Å². The summed E-state index contributed by atoms with van der Waals surface area (Å²) in [7, 11) is 0. The summed E-state index contributed by atoms with van der Waals surface area (Å²) in [6.45, 7) is 6.92. The SMILES string of the molecule is Cc1cnc(NCC[C@@H]2CCOC23CN(C(=O)c2ccccc2C)C3)nc1. The van der Waals surface area contributed by atoms with Crippen LogP contribution >= 0.6 is 0 Å². The van der Waals surface area contributed by atoms with Crippen LogP contribution < -0.4 is 5.32 Å². The standard InChI is InChI=1S/C21H26N4O2/c1-15-11-23-20(24-12-15)22-9-7-17-8-10-27-21(17)13-25(14-21)19(26)18-6-4-3-5-16(18)2/h3-6,11-12,17H,7-10,13-14H2,1-2H3,(H,22,23,24)/t17-/m1/s1. The molecule has 1 aromatic heterocycles. The van der Waals surface area contributed by atoms with Gasteiger partial charge >= 0.3 is 0 Å². The predicted octanol–water partition coefficient (Wildman–Crippen LogP) is 2.83. The van der Waals surface area contributed by atoms with E-state index in [1.807, 2.05) is 55.4 Å². The first kappa shape index (κ1) is 17.9. The van der Waals surface area contributed by atoms with Crippen LogP contribution in [-0.4, -0.2) is 52.6 Å². The van der Waals surface area contributed by atoms with Gasteiger partial charge in [0, 0.05) is 31.1 Å². The Kier molecular flexibility index (Phi) is 4.83. The molecule has 2 fully saturated rings. The zero-order chi connectivity index (χ0) is 18.9. The normalized spacial score (nSPS) is 20.5. The summed E-state index contributed by atoms with van der Waals surface area (Å²) in [5.74, 6) is 1.23. The van der Waals surface area contributed by atoms with Crippen molar-refractivity contribution >= 4 is 11.9 Å². The number of hydrogen-bond acceptors (Lipinski definition) is 5. The van der Waals surface area contributed by atoms with E-state index in [4.69, 9.17) is 4.74 Å². The summed E-state index contributed by atoms with van der Waals surface area (Å²) in [4.78, 5) is 23.2.